The van der Waals surface area contributed by atoms with Crippen LogP contribution in [-0.2, 0) is 0 Å². The molecular weight excluding hydrogens is 238 g/mol. The molecule has 2 aromatic rings. The molecule has 0 spiro atoms. The van der Waals surface area contributed by atoms with E-state index in [2.05, 4.69) is 0 Å². The number of rotatable bonds is 2. The van der Waals surface area contributed by atoms with E-state index in [1.807, 2.05) is 0 Å². The summed E-state index contributed by atoms with van der Waals surface area (Å²) in [6.07, 6.45) is 0. The highest BCUT2D eigenvalue weighted by atomic mass is 32.1. The third-order valence-corrected chi connectivity index (χ3v) is 3.32. The average Bonchev–Trinajstić information content (AvgIpc) is 2.75. The summed E-state index contributed by atoms with van der Waals surface area (Å²) >= 11 is 1.35. The first-order valence-corrected chi connectivity index (χ1v) is 5.91. The number of nitrogens with two attached hydrogens (primary N) is 1. The van der Waals surface area contributed by atoms with E-state index in [1.54, 1.807) is 29.6 Å². The van der Waals surface area contributed by atoms with Gasteiger partial charge in [-0.3, -0.25) is 4.79 Å². The number of nitrogen functional groups attached to an aromatic ring is 1. The maximum Gasteiger partial charge on any atom is 0.230 e. The lowest BCUT2D eigenvalue weighted by molar-refractivity contribution is 0.0964. The number of ether oxygens (including phenoxy) is 2. The van der Waals surface area contributed by atoms with Crippen LogP contribution in [0.2, 0.25) is 0 Å². The Morgan fingerprint density at radius 3 is 2.88 bits per heavy atom. The van der Waals surface area contributed by atoms with E-state index in [9.17, 15) is 4.79 Å². The molecular formula is C12H9NO3S. The number of hydrogen-bond donors (Lipinski definition) is 1. The predicted octanol–water partition coefficient (Wildman–Crippen LogP) is 2.29. The Labute approximate surface area is 102 Å². The summed E-state index contributed by atoms with van der Waals surface area (Å²) in [5.74, 6) is 1.14. The molecule has 1 aromatic carbocycles. The molecule has 0 aliphatic carbocycles. The number of ketones is 1. The Balaban J connectivity index is 2.06. The second-order valence-electron chi connectivity index (χ2n) is 3.59. The van der Waals surface area contributed by atoms with E-state index < -0.39 is 0 Å². The van der Waals surface area contributed by atoms with Gasteiger partial charge in [0, 0.05) is 6.07 Å². The van der Waals surface area contributed by atoms with Gasteiger partial charge in [0.2, 0.25) is 6.79 Å². The van der Waals surface area contributed by atoms with Crippen LogP contribution in [0.1, 0.15) is 15.9 Å². The van der Waals surface area contributed by atoms with E-state index >= 15 is 0 Å². The van der Waals surface area contributed by atoms with Crippen LogP contribution in [-0.4, -0.2) is 12.6 Å². The SMILES string of the molecule is Nc1sccc1C(=O)c1ccc2cc1OCO2. The van der Waals surface area contributed by atoms with Crippen molar-refractivity contribution in [2.24, 2.45) is 0 Å². The molecule has 1 aliphatic rings. The lowest BCUT2D eigenvalue weighted by Crippen LogP contribution is -2.14. The molecule has 86 valence electrons. The van der Waals surface area contributed by atoms with Crippen LogP contribution in [0.15, 0.2) is 29.6 Å². The fourth-order valence-corrected chi connectivity index (χ4v) is 2.35. The Bertz CT molecular complexity index is 591. The van der Waals surface area contributed by atoms with Crippen molar-refractivity contribution < 1.29 is 14.3 Å². The standard InChI is InChI=1S/C12H9NO3S/c13-12-9(3-4-17-12)11(14)8-2-1-7-5-10(8)16-6-15-7/h1-5H,6,13H2. The van der Waals surface area contributed by atoms with Gasteiger partial charge in [-0.05, 0) is 23.6 Å². The van der Waals surface area contributed by atoms with Crippen LogP contribution in [0.25, 0.3) is 0 Å². The first-order valence-electron chi connectivity index (χ1n) is 5.03. The summed E-state index contributed by atoms with van der Waals surface area (Å²) in [6, 6.07) is 6.88. The minimum Gasteiger partial charge on any atom is -0.457 e. The molecule has 1 aliphatic heterocycles. The molecule has 5 heteroatoms. The Morgan fingerprint density at radius 1 is 1.24 bits per heavy atom. The molecule has 0 unspecified atom stereocenters. The second kappa shape index (κ2) is 3.78. The number of carbonyl (C=O) groups is 1. The maximum atomic E-state index is 12.2. The molecule has 17 heavy (non-hydrogen) atoms. The summed E-state index contributed by atoms with van der Waals surface area (Å²) in [7, 11) is 0. The van der Waals surface area contributed by atoms with Gasteiger partial charge in [-0.15, -0.1) is 11.3 Å². The molecule has 4 nitrogen and oxygen atoms in total. The van der Waals surface area contributed by atoms with E-state index in [0.29, 0.717) is 27.6 Å². The zero-order valence-corrected chi connectivity index (χ0v) is 9.62. The Kier molecular flexibility index (Phi) is 2.26. The van der Waals surface area contributed by atoms with Crippen LogP contribution >= 0.6 is 11.3 Å². The highest BCUT2D eigenvalue weighted by molar-refractivity contribution is 7.14. The Hall–Kier alpha value is -2.01. The molecule has 2 heterocycles. The lowest BCUT2D eigenvalue weighted by atomic mass is 10.0. The topological polar surface area (TPSA) is 61.6 Å². The van der Waals surface area contributed by atoms with E-state index in [0.717, 1.165) is 0 Å². The quantitative estimate of drug-likeness (QED) is 0.827. The van der Waals surface area contributed by atoms with Gasteiger partial charge in [-0.1, -0.05) is 0 Å². The number of fused-ring (bicyclic) bond motifs is 2. The third-order valence-electron chi connectivity index (χ3n) is 2.58. The molecule has 3 rings (SSSR count). The summed E-state index contributed by atoms with van der Waals surface area (Å²) in [5.41, 5.74) is 6.78. The monoisotopic (exact) mass is 247 g/mol. The van der Waals surface area contributed by atoms with Crippen LogP contribution in [0, 0.1) is 0 Å². The van der Waals surface area contributed by atoms with Crippen molar-refractivity contribution >= 4 is 22.1 Å². The van der Waals surface area contributed by atoms with Crippen molar-refractivity contribution in [1.82, 2.24) is 0 Å². The van der Waals surface area contributed by atoms with Crippen molar-refractivity contribution in [2.75, 3.05) is 12.5 Å². The zero-order valence-electron chi connectivity index (χ0n) is 8.80. The summed E-state index contributed by atoms with van der Waals surface area (Å²) in [6.45, 7) is 0.140. The number of anilines is 1. The zero-order chi connectivity index (χ0) is 11.8. The smallest absolute Gasteiger partial charge is 0.230 e. The van der Waals surface area contributed by atoms with Crippen LogP contribution in [0.5, 0.6) is 11.5 Å². The summed E-state index contributed by atoms with van der Waals surface area (Å²) < 4.78 is 10.5. The van der Waals surface area contributed by atoms with Gasteiger partial charge in [0.25, 0.3) is 0 Å². The third kappa shape index (κ3) is 1.64. The molecule has 2 N–H and O–H groups in total. The molecule has 0 atom stereocenters. The summed E-state index contributed by atoms with van der Waals surface area (Å²) in [4.78, 5) is 12.2. The predicted molar refractivity (Wildman–Crippen MR) is 64.7 cm³/mol. The van der Waals surface area contributed by atoms with Gasteiger partial charge in [-0.2, -0.15) is 0 Å². The first-order chi connectivity index (χ1) is 8.25. The molecule has 0 radical (unpaired) electrons. The van der Waals surface area contributed by atoms with Crippen molar-refractivity contribution in [3.05, 3.63) is 40.8 Å². The number of thiophene rings is 1. The fraction of sp³-hybridized carbons (Fsp3) is 0.0833. The average molecular weight is 247 g/mol. The molecule has 0 fully saturated rings. The van der Waals surface area contributed by atoms with Gasteiger partial charge in [0.15, 0.2) is 5.78 Å². The minimum absolute atomic E-state index is 0.118. The molecule has 0 saturated carbocycles. The normalized spacial score (nSPS) is 12.7. The van der Waals surface area contributed by atoms with E-state index in [4.69, 9.17) is 15.2 Å². The largest absolute Gasteiger partial charge is 0.457 e. The second-order valence-corrected chi connectivity index (χ2v) is 4.54. The van der Waals surface area contributed by atoms with E-state index in [-0.39, 0.29) is 12.6 Å². The van der Waals surface area contributed by atoms with Crippen LogP contribution in [0.4, 0.5) is 5.00 Å². The Morgan fingerprint density at radius 2 is 2.12 bits per heavy atom. The van der Waals surface area contributed by atoms with Gasteiger partial charge in [-0.25, -0.2) is 0 Å². The highest BCUT2D eigenvalue weighted by Crippen LogP contribution is 2.32. The van der Waals surface area contributed by atoms with Gasteiger partial charge >= 0.3 is 0 Å². The molecule has 0 amide bonds. The molecule has 1 aromatic heterocycles. The van der Waals surface area contributed by atoms with E-state index in [1.165, 1.54) is 11.3 Å². The number of carbonyl (C=O) groups excluding carboxylic acids is 1. The van der Waals surface area contributed by atoms with Gasteiger partial charge in [0.05, 0.1) is 16.1 Å². The van der Waals surface area contributed by atoms with Crippen LogP contribution < -0.4 is 15.2 Å². The molecule has 2 bridgehead atoms. The summed E-state index contributed by atoms with van der Waals surface area (Å²) in [5, 5.41) is 2.32. The van der Waals surface area contributed by atoms with Crippen LogP contribution in [0.3, 0.4) is 0 Å². The maximum absolute atomic E-state index is 12.2. The fourth-order valence-electron chi connectivity index (χ4n) is 1.71. The number of hydrogen-bond acceptors (Lipinski definition) is 5. The number of benzene rings is 1. The lowest BCUT2D eigenvalue weighted by Gasteiger charge is -2.17. The van der Waals surface area contributed by atoms with Gasteiger partial charge in [0.1, 0.15) is 11.5 Å². The highest BCUT2D eigenvalue weighted by Gasteiger charge is 2.20. The van der Waals surface area contributed by atoms with Crippen molar-refractivity contribution in [2.45, 2.75) is 0 Å². The first kappa shape index (κ1) is 10.2. The van der Waals surface area contributed by atoms with Crippen molar-refractivity contribution in [3.63, 3.8) is 0 Å². The van der Waals surface area contributed by atoms with Crippen molar-refractivity contribution in [3.8, 4) is 11.5 Å². The van der Waals surface area contributed by atoms with Gasteiger partial charge < -0.3 is 15.2 Å². The minimum atomic E-state index is -0.118. The molecule has 0 saturated heterocycles. The van der Waals surface area contributed by atoms with Crippen molar-refractivity contribution in [1.29, 1.82) is 0 Å².